The predicted molar refractivity (Wildman–Crippen MR) is 309 cm³/mol. The molecule has 0 radical (unpaired) electrons. The van der Waals surface area contributed by atoms with Crippen LogP contribution in [0, 0.1) is 27.7 Å². The van der Waals surface area contributed by atoms with E-state index in [2.05, 4.69) is 249 Å². The zero-order valence-electron chi connectivity index (χ0n) is 43.3. The van der Waals surface area contributed by atoms with Gasteiger partial charge in [0.2, 0.25) is 0 Å². The normalized spacial score (nSPS) is 12.5. The Kier molecular flexibility index (Phi) is 9.86. The fourth-order valence-electron chi connectivity index (χ4n) is 11.7. The third-order valence-electron chi connectivity index (χ3n) is 15.2. The van der Waals surface area contributed by atoms with E-state index in [4.69, 9.17) is 13.3 Å². The van der Waals surface area contributed by atoms with Gasteiger partial charge in [0, 0.05) is 77.7 Å². The molecular formula is C68H58N2O3. The van der Waals surface area contributed by atoms with Crippen LogP contribution in [-0.2, 0) is 10.8 Å². The summed E-state index contributed by atoms with van der Waals surface area (Å²) < 4.78 is 21.7. The standard InChI is InChI=1S/C68H58N2O3/c1-39-31-33-41(3)55(35-39)69(53-29-17-25-49-47-23-15-27-51(67(5,6)7)63(47)72-65(49)53)57-37-59-61(45-21-13-11-19-43(45)57)62-46-22-14-12-20-44(46)58(38-60(62)71-59)70(56-36-40(2)32-34-42(56)4)54-30-18-26-50-48-24-16-28-52(68(8,9)10)64(48)73-66(50)54/h11-38H,1-10H3. The van der Waals surface area contributed by atoms with Gasteiger partial charge in [-0.25, -0.2) is 0 Å². The average Bonchev–Trinajstić information content (AvgIpc) is 4.08. The number of hydrogen-bond acceptors (Lipinski definition) is 5. The Morgan fingerprint density at radius 1 is 0.301 bits per heavy atom. The van der Waals surface area contributed by atoms with Crippen LogP contribution in [0.15, 0.2) is 183 Å². The number of anilines is 6. The van der Waals surface area contributed by atoms with E-state index in [1.165, 1.54) is 22.3 Å². The molecule has 0 aliphatic rings. The van der Waals surface area contributed by atoms with Crippen molar-refractivity contribution in [3.05, 3.63) is 203 Å². The van der Waals surface area contributed by atoms with Gasteiger partial charge in [0.1, 0.15) is 22.3 Å². The van der Waals surface area contributed by atoms with Crippen LogP contribution in [0.2, 0.25) is 0 Å². The summed E-state index contributed by atoms with van der Waals surface area (Å²) >= 11 is 0. The molecule has 0 atom stereocenters. The van der Waals surface area contributed by atoms with Gasteiger partial charge in [-0.3, -0.25) is 0 Å². The Balaban J connectivity index is 1.11. The van der Waals surface area contributed by atoms with E-state index in [0.717, 1.165) is 133 Å². The van der Waals surface area contributed by atoms with E-state index in [1.54, 1.807) is 0 Å². The first-order valence-corrected chi connectivity index (χ1v) is 25.6. The first-order valence-electron chi connectivity index (χ1n) is 25.6. The van der Waals surface area contributed by atoms with E-state index in [1.807, 2.05) is 0 Å². The topological polar surface area (TPSA) is 45.9 Å². The molecule has 358 valence electrons. The number of aryl methyl sites for hydroxylation is 4. The van der Waals surface area contributed by atoms with Gasteiger partial charge in [-0.05, 0) is 95.8 Å². The highest BCUT2D eigenvalue weighted by Crippen LogP contribution is 2.53. The van der Waals surface area contributed by atoms with Crippen molar-refractivity contribution in [2.75, 3.05) is 9.80 Å². The summed E-state index contributed by atoms with van der Waals surface area (Å²) in [5, 5.41) is 11.0. The van der Waals surface area contributed by atoms with E-state index in [-0.39, 0.29) is 10.8 Å². The summed E-state index contributed by atoms with van der Waals surface area (Å²) in [7, 11) is 0. The third kappa shape index (κ3) is 6.89. The van der Waals surface area contributed by atoms with Crippen molar-refractivity contribution in [2.45, 2.75) is 80.1 Å². The molecule has 0 saturated heterocycles. The lowest BCUT2D eigenvalue weighted by Crippen LogP contribution is -2.12. The molecule has 0 unspecified atom stereocenters. The second-order valence-electron chi connectivity index (χ2n) is 22.4. The predicted octanol–water partition coefficient (Wildman–Crippen LogP) is 20.5. The third-order valence-corrected chi connectivity index (χ3v) is 15.2. The first kappa shape index (κ1) is 44.6. The van der Waals surface area contributed by atoms with Gasteiger partial charge in [0.15, 0.2) is 11.2 Å². The summed E-state index contributed by atoms with van der Waals surface area (Å²) in [5.41, 5.74) is 18.1. The lowest BCUT2D eigenvalue weighted by atomic mass is 9.86. The number of rotatable bonds is 6. The molecule has 3 heterocycles. The summed E-state index contributed by atoms with van der Waals surface area (Å²) in [4.78, 5) is 4.81. The lowest BCUT2D eigenvalue weighted by Gasteiger charge is -2.29. The van der Waals surface area contributed by atoms with Crippen LogP contribution in [0.4, 0.5) is 34.1 Å². The maximum atomic E-state index is 7.38. The fourth-order valence-corrected chi connectivity index (χ4v) is 11.7. The van der Waals surface area contributed by atoms with Gasteiger partial charge in [-0.1, -0.05) is 175 Å². The molecule has 5 heteroatoms. The van der Waals surface area contributed by atoms with E-state index < -0.39 is 0 Å². The Hall–Kier alpha value is -8.28. The van der Waals surface area contributed by atoms with Crippen LogP contribution in [0.1, 0.15) is 74.9 Å². The molecule has 0 aliphatic heterocycles. The molecule has 0 spiro atoms. The first-order chi connectivity index (χ1) is 35.1. The molecule has 3 aromatic heterocycles. The van der Waals surface area contributed by atoms with Gasteiger partial charge in [0.25, 0.3) is 0 Å². The van der Waals surface area contributed by atoms with Gasteiger partial charge in [0.05, 0.1) is 22.7 Å². The van der Waals surface area contributed by atoms with Crippen molar-refractivity contribution >= 4 is 121 Å². The minimum atomic E-state index is -0.111. The highest BCUT2D eigenvalue weighted by atomic mass is 16.3. The molecule has 10 aromatic carbocycles. The van der Waals surface area contributed by atoms with Crippen LogP contribution >= 0.6 is 0 Å². The van der Waals surface area contributed by atoms with Crippen LogP contribution in [0.25, 0.3) is 87.4 Å². The van der Waals surface area contributed by atoms with E-state index in [9.17, 15) is 0 Å². The number of benzene rings is 10. The fraction of sp³-hybridized carbons (Fsp3) is 0.176. The Morgan fingerprint density at radius 2 is 0.658 bits per heavy atom. The monoisotopic (exact) mass is 950 g/mol. The molecule has 13 rings (SSSR count). The summed E-state index contributed by atoms with van der Waals surface area (Å²) in [6.45, 7) is 22.3. The minimum absolute atomic E-state index is 0.111. The lowest BCUT2D eigenvalue weighted by molar-refractivity contribution is 0.572. The van der Waals surface area contributed by atoms with Crippen molar-refractivity contribution in [3.63, 3.8) is 0 Å². The largest absolute Gasteiger partial charge is 0.456 e. The maximum Gasteiger partial charge on any atom is 0.159 e. The van der Waals surface area contributed by atoms with Gasteiger partial charge in [-0.2, -0.15) is 0 Å². The summed E-state index contributed by atoms with van der Waals surface area (Å²) in [5.74, 6) is 0. The van der Waals surface area contributed by atoms with Crippen molar-refractivity contribution in [3.8, 4) is 0 Å². The van der Waals surface area contributed by atoms with Crippen LogP contribution in [-0.4, -0.2) is 0 Å². The summed E-state index contributed by atoms with van der Waals surface area (Å²) in [6, 6.07) is 61.8. The smallest absolute Gasteiger partial charge is 0.159 e. The highest BCUT2D eigenvalue weighted by Gasteiger charge is 2.30. The molecule has 0 amide bonds. The molecule has 13 aromatic rings. The molecule has 0 bridgehead atoms. The molecule has 0 saturated carbocycles. The van der Waals surface area contributed by atoms with Crippen LogP contribution in [0.5, 0.6) is 0 Å². The SMILES string of the molecule is Cc1ccc(C)c(N(c2cc3oc4cc(N(c5cc(C)ccc5C)c5cccc6c5oc5c(C(C)(C)C)cccc56)c5ccccc5c4c3c3ccccc23)c2cccc3c2oc2c(C(C)(C)C)cccc23)c1. The number of hydrogen-bond donors (Lipinski definition) is 0. The van der Waals surface area contributed by atoms with E-state index in [0.29, 0.717) is 0 Å². The van der Waals surface area contributed by atoms with Crippen molar-refractivity contribution in [1.82, 2.24) is 0 Å². The quantitative estimate of drug-likeness (QED) is 0.166. The van der Waals surface area contributed by atoms with Crippen molar-refractivity contribution in [2.24, 2.45) is 0 Å². The number of para-hydroxylation sites is 4. The average molecular weight is 951 g/mol. The second-order valence-corrected chi connectivity index (χ2v) is 22.4. The number of nitrogens with zero attached hydrogens (tertiary/aromatic N) is 2. The van der Waals surface area contributed by atoms with Gasteiger partial charge < -0.3 is 23.1 Å². The van der Waals surface area contributed by atoms with Crippen molar-refractivity contribution < 1.29 is 13.3 Å². The molecule has 0 aliphatic carbocycles. The van der Waals surface area contributed by atoms with Gasteiger partial charge >= 0.3 is 0 Å². The van der Waals surface area contributed by atoms with Crippen LogP contribution in [0.3, 0.4) is 0 Å². The second kappa shape index (κ2) is 16.1. The molecule has 0 N–H and O–H groups in total. The maximum absolute atomic E-state index is 7.38. The molecule has 5 nitrogen and oxygen atoms in total. The Morgan fingerprint density at radius 3 is 1.05 bits per heavy atom. The molecule has 73 heavy (non-hydrogen) atoms. The zero-order chi connectivity index (χ0) is 50.2. The van der Waals surface area contributed by atoms with Gasteiger partial charge in [-0.15, -0.1) is 0 Å². The number of fused-ring (bicyclic) bond motifs is 13. The number of furan rings is 3. The van der Waals surface area contributed by atoms with E-state index >= 15 is 0 Å². The minimum Gasteiger partial charge on any atom is -0.456 e. The Bertz CT molecular complexity index is 4130. The van der Waals surface area contributed by atoms with Crippen molar-refractivity contribution in [1.29, 1.82) is 0 Å². The Labute approximate surface area is 425 Å². The van der Waals surface area contributed by atoms with Crippen LogP contribution < -0.4 is 9.80 Å². The highest BCUT2D eigenvalue weighted by molar-refractivity contribution is 6.30. The zero-order valence-corrected chi connectivity index (χ0v) is 43.3. The molecule has 0 fully saturated rings. The summed E-state index contributed by atoms with van der Waals surface area (Å²) in [6.07, 6.45) is 0. The molecular weight excluding hydrogens is 893 g/mol.